The number of nitrogens with zero attached hydrogens (tertiary/aromatic N) is 2. The molecule has 3 rings (SSSR count). The van der Waals surface area contributed by atoms with Gasteiger partial charge in [0.05, 0.1) is 12.3 Å². The molecule has 3 aliphatic rings. The first-order valence-electron chi connectivity index (χ1n) is 17.6. The summed E-state index contributed by atoms with van der Waals surface area (Å²) in [5.41, 5.74) is -1.08. The van der Waals surface area contributed by atoms with Crippen LogP contribution in [0.4, 0.5) is 4.79 Å². The van der Waals surface area contributed by atoms with Crippen LogP contribution in [0.15, 0.2) is 12.7 Å². The molecule has 48 heavy (non-hydrogen) atoms. The largest absolute Gasteiger partial charge is 0.334 e. The normalized spacial score (nSPS) is 23.7. The number of hydrogen-bond donors (Lipinski definition) is 2. The predicted octanol–water partition coefficient (Wildman–Crippen LogP) is 4.50. The summed E-state index contributed by atoms with van der Waals surface area (Å²) < 4.78 is 25.5. The number of carbonyl (C=O) groups is 5. The van der Waals surface area contributed by atoms with Crippen LogP contribution in [0.5, 0.6) is 0 Å². The molecule has 0 aromatic heterocycles. The topological polar surface area (TPSA) is 150 Å². The number of sulfonamides is 1. The van der Waals surface area contributed by atoms with Gasteiger partial charge in [0.25, 0.3) is 0 Å². The van der Waals surface area contributed by atoms with Crippen molar-refractivity contribution in [2.45, 2.75) is 124 Å². The van der Waals surface area contributed by atoms with Gasteiger partial charge in [-0.2, -0.15) is 0 Å². The molecule has 1 aliphatic heterocycles. The predicted molar refractivity (Wildman–Crippen MR) is 186 cm³/mol. The number of likely N-dealkylation sites (tertiary alicyclic amines) is 1. The summed E-state index contributed by atoms with van der Waals surface area (Å²) in [5, 5.41) is 5.81. The van der Waals surface area contributed by atoms with E-state index in [0.29, 0.717) is 25.8 Å². The van der Waals surface area contributed by atoms with E-state index in [2.05, 4.69) is 17.2 Å². The molecule has 0 aromatic rings. The zero-order valence-electron chi connectivity index (χ0n) is 30.7. The molecular weight excluding hydrogens is 632 g/mol. The van der Waals surface area contributed by atoms with Gasteiger partial charge in [-0.3, -0.25) is 19.2 Å². The second-order valence-electron chi connectivity index (χ2n) is 16.8. The minimum absolute atomic E-state index is 0.0240. The molecule has 1 heterocycles. The number of hydrogen-bond acceptors (Lipinski definition) is 7. The van der Waals surface area contributed by atoms with Crippen LogP contribution in [-0.4, -0.2) is 91.4 Å². The number of urea groups is 1. The standard InChI is InChI=1S/C36H60N4O7S/c1-11-13-15-26(41)30(43)23(14-12-2)20-27(42)29-24-16-17-36(18-19-36)25(24)21-40(29)32(44)31(35(6,7)8)38-33(45)37-28(34(3,4)5)22-39(9)48(10,46)47/h11,23-25,28-29,31H,1,12-22H2,2-10H3,(H2,37,38,45)/t23?,24-,25-,28+,29-,31+/m0/s1. The maximum Gasteiger partial charge on any atom is 0.315 e. The van der Waals surface area contributed by atoms with E-state index < -0.39 is 62.5 Å². The molecule has 3 fully saturated rings. The highest BCUT2D eigenvalue weighted by Crippen LogP contribution is 2.66. The molecule has 2 aliphatic carbocycles. The lowest BCUT2D eigenvalue weighted by molar-refractivity contribution is -0.144. The highest BCUT2D eigenvalue weighted by Gasteiger charge is 2.63. The third-order valence-electron chi connectivity index (χ3n) is 11.0. The van der Waals surface area contributed by atoms with Crippen molar-refractivity contribution in [1.29, 1.82) is 0 Å². The van der Waals surface area contributed by atoms with Gasteiger partial charge in [0.2, 0.25) is 21.7 Å². The Morgan fingerprint density at radius 1 is 1.02 bits per heavy atom. The molecule has 0 bridgehead atoms. The Morgan fingerprint density at radius 3 is 2.15 bits per heavy atom. The van der Waals surface area contributed by atoms with Crippen molar-refractivity contribution in [3.05, 3.63) is 12.7 Å². The van der Waals surface area contributed by atoms with Gasteiger partial charge in [-0.15, -0.1) is 6.58 Å². The fraction of sp³-hybridized carbons (Fsp3) is 0.806. The molecule has 1 saturated heterocycles. The third kappa shape index (κ3) is 9.34. The van der Waals surface area contributed by atoms with Crippen LogP contribution in [0.2, 0.25) is 0 Å². The Bertz CT molecular complexity index is 1360. The van der Waals surface area contributed by atoms with E-state index in [9.17, 15) is 32.4 Å². The number of Topliss-reactive ketones (excluding diaryl/α,β-unsaturated/α-hetero) is 3. The Hall–Kier alpha value is -2.60. The molecule has 2 saturated carbocycles. The van der Waals surface area contributed by atoms with Crippen molar-refractivity contribution >= 4 is 39.3 Å². The number of ketones is 3. The smallest absolute Gasteiger partial charge is 0.315 e. The van der Waals surface area contributed by atoms with Crippen LogP contribution >= 0.6 is 0 Å². The molecule has 3 amide bonds. The Labute approximate surface area is 288 Å². The molecule has 1 spiro atoms. The molecule has 272 valence electrons. The quantitative estimate of drug-likeness (QED) is 0.179. The number of likely N-dealkylation sites (N-methyl/N-ethyl adjacent to an activating group) is 1. The van der Waals surface area contributed by atoms with Crippen LogP contribution in [0, 0.1) is 34.0 Å². The lowest BCUT2D eigenvalue weighted by Crippen LogP contribution is -2.61. The molecule has 0 radical (unpaired) electrons. The van der Waals surface area contributed by atoms with Crippen molar-refractivity contribution in [3.63, 3.8) is 0 Å². The van der Waals surface area contributed by atoms with Gasteiger partial charge in [0.15, 0.2) is 11.6 Å². The minimum atomic E-state index is -3.49. The van der Waals surface area contributed by atoms with Crippen molar-refractivity contribution in [2.24, 2.45) is 34.0 Å². The molecule has 6 atom stereocenters. The molecule has 1 unspecified atom stereocenters. The average molecular weight is 693 g/mol. The summed E-state index contributed by atoms with van der Waals surface area (Å²) in [4.78, 5) is 69.9. The van der Waals surface area contributed by atoms with Crippen molar-refractivity contribution in [3.8, 4) is 0 Å². The van der Waals surface area contributed by atoms with Gasteiger partial charge in [0.1, 0.15) is 6.04 Å². The van der Waals surface area contributed by atoms with Crippen molar-refractivity contribution in [1.82, 2.24) is 19.8 Å². The molecule has 0 aromatic carbocycles. The minimum Gasteiger partial charge on any atom is -0.334 e. The first-order chi connectivity index (χ1) is 22.1. The number of nitrogens with one attached hydrogen (secondary N) is 2. The fourth-order valence-corrected chi connectivity index (χ4v) is 8.10. The first-order valence-corrected chi connectivity index (χ1v) is 19.4. The third-order valence-corrected chi connectivity index (χ3v) is 12.3. The van der Waals surface area contributed by atoms with E-state index >= 15 is 0 Å². The summed E-state index contributed by atoms with van der Waals surface area (Å²) in [6.07, 6.45) is 8.13. The SMILES string of the molecule is C=CCCC(=O)C(=O)C(CCC)CC(=O)[C@@H]1[C@H]2CCC3(CC3)[C@H]2CN1C(=O)[C@@H](NC(=O)N[C@H](CN(C)S(C)(=O)=O)C(C)(C)C)C(C)(C)C. The number of amides is 3. The van der Waals surface area contributed by atoms with Gasteiger partial charge in [-0.1, -0.05) is 61.0 Å². The van der Waals surface area contributed by atoms with Crippen LogP contribution in [0.25, 0.3) is 0 Å². The molecule has 12 heteroatoms. The van der Waals surface area contributed by atoms with E-state index in [-0.39, 0.29) is 48.3 Å². The Kier molecular flexibility index (Phi) is 12.5. The first kappa shape index (κ1) is 39.8. The summed E-state index contributed by atoms with van der Waals surface area (Å²) in [5.74, 6) is -2.12. The molecule has 11 nitrogen and oxygen atoms in total. The summed E-state index contributed by atoms with van der Waals surface area (Å²) in [6, 6.07) is -2.87. The van der Waals surface area contributed by atoms with Gasteiger partial charge >= 0.3 is 6.03 Å². The average Bonchev–Trinajstić information content (AvgIpc) is 3.54. The van der Waals surface area contributed by atoms with Crippen LogP contribution in [0.1, 0.15) is 106 Å². The number of rotatable bonds is 16. The van der Waals surface area contributed by atoms with Crippen molar-refractivity contribution in [2.75, 3.05) is 26.4 Å². The Morgan fingerprint density at radius 2 is 1.65 bits per heavy atom. The maximum atomic E-state index is 14.6. The highest BCUT2D eigenvalue weighted by atomic mass is 32.2. The number of fused-ring (bicyclic) bond motifs is 2. The van der Waals surface area contributed by atoms with Crippen molar-refractivity contribution < 1.29 is 32.4 Å². The maximum absolute atomic E-state index is 14.6. The fourth-order valence-electron chi connectivity index (χ4n) is 7.68. The van der Waals surface area contributed by atoms with E-state index in [1.807, 2.05) is 48.5 Å². The van der Waals surface area contributed by atoms with Gasteiger partial charge in [-0.05, 0) is 66.6 Å². The monoisotopic (exact) mass is 692 g/mol. The second kappa shape index (κ2) is 15.1. The lowest BCUT2D eigenvalue weighted by atomic mass is 9.82. The summed E-state index contributed by atoms with van der Waals surface area (Å²) in [6.45, 7) is 17.3. The number of allylic oxidation sites excluding steroid dienone is 1. The van der Waals surface area contributed by atoms with E-state index in [1.165, 1.54) is 11.4 Å². The Balaban J connectivity index is 1.88. The van der Waals surface area contributed by atoms with Crippen LogP contribution in [0.3, 0.4) is 0 Å². The zero-order valence-corrected chi connectivity index (χ0v) is 31.5. The van der Waals surface area contributed by atoms with E-state index in [4.69, 9.17) is 0 Å². The lowest BCUT2D eigenvalue weighted by Gasteiger charge is -2.38. The zero-order chi connectivity index (χ0) is 36.4. The highest BCUT2D eigenvalue weighted by molar-refractivity contribution is 7.88. The van der Waals surface area contributed by atoms with E-state index in [0.717, 1.165) is 31.9 Å². The number of carbonyl (C=O) groups excluding carboxylic acids is 5. The van der Waals surface area contributed by atoms with Crippen LogP contribution in [-0.2, 0) is 29.2 Å². The van der Waals surface area contributed by atoms with Gasteiger partial charge in [-0.25, -0.2) is 17.5 Å². The van der Waals surface area contributed by atoms with E-state index in [1.54, 1.807) is 11.0 Å². The summed E-state index contributed by atoms with van der Waals surface area (Å²) in [7, 11) is -2.04. The van der Waals surface area contributed by atoms with Gasteiger partial charge < -0.3 is 15.5 Å². The summed E-state index contributed by atoms with van der Waals surface area (Å²) >= 11 is 0. The molecule has 2 N–H and O–H groups in total. The molecular formula is C36H60N4O7S. The second-order valence-corrected chi connectivity index (χ2v) is 18.8. The van der Waals surface area contributed by atoms with Gasteiger partial charge in [0, 0.05) is 44.9 Å². The van der Waals surface area contributed by atoms with Crippen LogP contribution < -0.4 is 10.6 Å².